The molecular weight excluding hydrogens is 314 g/mol. The first-order valence-electron chi connectivity index (χ1n) is 7.04. The summed E-state index contributed by atoms with van der Waals surface area (Å²) in [7, 11) is 0. The summed E-state index contributed by atoms with van der Waals surface area (Å²) < 4.78 is 6.84. The second-order valence-corrected chi connectivity index (χ2v) is 5.92. The van der Waals surface area contributed by atoms with E-state index in [1.165, 1.54) is 11.1 Å². The lowest BCUT2D eigenvalue weighted by molar-refractivity contribution is 0.341. The van der Waals surface area contributed by atoms with Crippen molar-refractivity contribution in [3.8, 4) is 5.75 Å². The van der Waals surface area contributed by atoms with Gasteiger partial charge in [-0.05, 0) is 55.2 Å². The van der Waals surface area contributed by atoms with Crippen LogP contribution in [0.1, 0.15) is 30.5 Å². The molecule has 2 nitrogen and oxygen atoms in total. The fraction of sp³-hybridized carbons (Fsp3) is 0.294. The van der Waals surface area contributed by atoms with Crippen LogP contribution >= 0.6 is 15.9 Å². The molecule has 0 aromatic heterocycles. The van der Waals surface area contributed by atoms with Crippen molar-refractivity contribution in [1.29, 1.82) is 0 Å². The second kappa shape index (κ2) is 5.88. The Labute approximate surface area is 128 Å². The van der Waals surface area contributed by atoms with Crippen LogP contribution in [0.4, 0.5) is 5.69 Å². The molecule has 1 atom stereocenters. The average molecular weight is 332 g/mol. The summed E-state index contributed by atoms with van der Waals surface area (Å²) in [6.07, 6.45) is 2.26. The smallest absolute Gasteiger partial charge is 0.142 e. The summed E-state index contributed by atoms with van der Waals surface area (Å²) in [6, 6.07) is 15.1. The van der Waals surface area contributed by atoms with Crippen molar-refractivity contribution < 1.29 is 4.74 Å². The van der Waals surface area contributed by atoms with Gasteiger partial charge in [-0.3, -0.25) is 0 Å². The van der Waals surface area contributed by atoms with E-state index in [1.54, 1.807) is 0 Å². The highest BCUT2D eigenvalue weighted by molar-refractivity contribution is 9.10. The Kier molecular flexibility index (Phi) is 3.97. The lowest BCUT2D eigenvalue weighted by Crippen LogP contribution is -2.08. The van der Waals surface area contributed by atoms with Gasteiger partial charge in [0.05, 0.1) is 18.3 Å². The molecule has 104 valence electrons. The van der Waals surface area contributed by atoms with Crippen LogP contribution < -0.4 is 10.1 Å². The summed E-state index contributed by atoms with van der Waals surface area (Å²) in [4.78, 5) is 0. The molecular formula is C17H18BrNO. The standard InChI is InChI=1S/C17H18BrNO/c1-2-20-17-6-4-3-5-16(17)19-15-10-7-12-11-13(18)8-9-14(12)15/h3-6,8-9,11,15,19H,2,7,10H2,1H3. The molecule has 1 unspecified atom stereocenters. The molecule has 3 rings (SSSR count). The molecule has 3 heteroatoms. The predicted molar refractivity (Wildman–Crippen MR) is 86.4 cm³/mol. The number of hydrogen-bond donors (Lipinski definition) is 1. The maximum Gasteiger partial charge on any atom is 0.142 e. The van der Waals surface area contributed by atoms with Crippen molar-refractivity contribution in [2.24, 2.45) is 0 Å². The van der Waals surface area contributed by atoms with Gasteiger partial charge in [0.15, 0.2) is 0 Å². The summed E-state index contributed by atoms with van der Waals surface area (Å²) >= 11 is 3.54. The Morgan fingerprint density at radius 3 is 2.95 bits per heavy atom. The number of ether oxygens (including phenoxy) is 1. The van der Waals surface area contributed by atoms with Gasteiger partial charge in [-0.15, -0.1) is 0 Å². The Morgan fingerprint density at radius 2 is 2.10 bits per heavy atom. The van der Waals surface area contributed by atoms with Crippen LogP contribution in [0.15, 0.2) is 46.9 Å². The zero-order valence-electron chi connectivity index (χ0n) is 11.5. The number of fused-ring (bicyclic) bond motifs is 1. The Balaban J connectivity index is 1.84. The quantitative estimate of drug-likeness (QED) is 0.856. The minimum Gasteiger partial charge on any atom is -0.492 e. The molecule has 20 heavy (non-hydrogen) atoms. The number of para-hydroxylation sites is 2. The fourth-order valence-electron chi connectivity index (χ4n) is 2.79. The highest BCUT2D eigenvalue weighted by Gasteiger charge is 2.23. The number of anilines is 1. The van der Waals surface area contributed by atoms with E-state index >= 15 is 0 Å². The van der Waals surface area contributed by atoms with Crippen LogP contribution in [0.5, 0.6) is 5.75 Å². The van der Waals surface area contributed by atoms with E-state index in [0.29, 0.717) is 12.6 Å². The third kappa shape index (κ3) is 2.68. The van der Waals surface area contributed by atoms with Crippen molar-refractivity contribution in [1.82, 2.24) is 0 Å². The summed E-state index contributed by atoms with van der Waals surface area (Å²) in [5, 5.41) is 3.63. The van der Waals surface area contributed by atoms with Gasteiger partial charge in [-0.25, -0.2) is 0 Å². The lowest BCUT2D eigenvalue weighted by atomic mass is 10.1. The molecule has 1 aliphatic rings. The number of rotatable bonds is 4. The van der Waals surface area contributed by atoms with E-state index in [9.17, 15) is 0 Å². The molecule has 0 bridgehead atoms. The molecule has 0 spiro atoms. The Morgan fingerprint density at radius 1 is 1.25 bits per heavy atom. The van der Waals surface area contributed by atoms with Crippen molar-refractivity contribution in [2.45, 2.75) is 25.8 Å². The van der Waals surface area contributed by atoms with Crippen LogP contribution in [0.2, 0.25) is 0 Å². The van der Waals surface area contributed by atoms with Gasteiger partial charge in [0.1, 0.15) is 5.75 Å². The molecule has 0 heterocycles. The predicted octanol–water partition coefficient (Wildman–Crippen LogP) is 4.95. The van der Waals surface area contributed by atoms with E-state index in [-0.39, 0.29) is 0 Å². The molecule has 0 saturated carbocycles. The minimum absolute atomic E-state index is 0.375. The van der Waals surface area contributed by atoms with Crippen LogP contribution in [-0.2, 0) is 6.42 Å². The van der Waals surface area contributed by atoms with Gasteiger partial charge in [0, 0.05) is 4.47 Å². The first-order chi connectivity index (χ1) is 9.78. The van der Waals surface area contributed by atoms with Gasteiger partial charge >= 0.3 is 0 Å². The van der Waals surface area contributed by atoms with Crippen LogP contribution in [0, 0.1) is 0 Å². The van der Waals surface area contributed by atoms with E-state index in [2.05, 4.69) is 45.5 Å². The van der Waals surface area contributed by atoms with E-state index in [0.717, 1.165) is 28.8 Å². The molecule has 0 aliphatic heterocycles. The van der Waals surface area contributed by atoms with Crippen molar-refractivity contribution in [3.63, 3.8) is 0 Å². The Bertz CT molecular complexity index is 612. The maximum absolute atomic E-state index is 5.68. The second-order valence-electron chi connectivity index (χ2n) is 5.01. The molecule has 1 aliphatic carbocycles. The monoisotopic (exact) mass is 331 g/mol. The third-order valence-corrected chi connectivity index (χ3v) is 4.19. The lowest BCUT2D eigenvalue weighted by Gasteiger charge is -2.18. The summed E-state index contributed by atoms with van der Waals surface area (Å²) in [5.74, 6) is 0.931. The molecule has 0 amide bonds. The average Bonchev–Trinajstić information content (AvgIpc) is 2.83. The van der Waals surface area contributed by atoms with E-state index in [4.69, 9.17) is 4.74 Å². The van der Waals surface area contributed by atoms with Gasteiger partial charge < -0.3 is 10.1 Å². The first-order valence-corrected chi connectivity index (χ1v) is 7.84. The largest absolute Gasteiger partial charge is 0.492 e. The highest BCUT2D eigenvalue weighted by Crippen LogP contribution is 2.37. The normalized spacial score (nSPS) is 16.8. The van der Waals surface area contributed by atoms with Gasteiger partial charge in [0.25, 0.3) is 0 Å². The minimum atomic E-state index is 0.375. The number of benzene rings is 2. The molecule has 0 fully saturated rings. The summed E-state index contributed by atoms with van der Waals surface area (Å²) in [5.41, 5.74) is 3.92. The van der Waals surface area contributed by atoms with Crippen molar-refractivity contribution >= 4 is 21.6 Å². The SMILES string of the molecule is CCOc1ccccc1NC1CCc2cc(Br)ccc21. The number of halogens is 1. The maximum atomic E-state index is 5.68. The topological polar surface area (TPSA) is 21.3 Å². The molecule has 2 aromatic carbocycles. The van der Waals surface area contributed by atoms with E-state index in [1.807, 2.05) is 25.1 Å². The van der Waals surface area contributed by atoms with Crippen LogP contribution in [-0.4, -0.2) is 6.61 Å². The number of hydrogen-bond acceptors (Lipinski definition) is 2. The summed E-state index contributed by atoms with van der Waals surface area (Å²) in [6.45, 7) is 2.70. The molecule has 1 N–H and O–H groups in total. The third-order valence-electron chi connectivity index (χ3n) is 3.70. The fourth-order valence-corrected chi connectivity index (χ4v) is 3.20. The molecule has 0 radical (unpaired) electrons. The van der Waals surface area contributed by atoms with Crippen LogP contribution in [0.25, 0.3) is 0 Å². The van der Waals surface area contributed by atoms with Crippen LogP contribution in [0.3, 0.4) is 0 Å². The first kappa shape index (κ1) is 13.5. The number of nitrogens with one attached hydrogen (secondary N) is 1. The molecule has 0 saturated heterocycles. The van der Waals surface area contributed by atoms with Crippen molar-refractivity contribution in [3.05, 3.63) is 58.1 Å². The van der Waals surface area contributed by atoms with Gasteiger partial charge in [-0.2, -0.15) is 0 Å². The van der Waals surface area contributed by atoms with Gasteiger partial charge in [0.2, 0.25) is 0 Å². The van der Waals surface area contributed by atoms with E-state index < -0.39 is 0 Å². The zero-order chi connectivity index (χ0) is 13.9. The highest BCUT2D eigenvalue weighted by atomic mass is 79.9. The molecule has 2 aromatic rings. The zero-order valence-corrected chi connectivity index (χ0v) is 13.1. The van der Waals surface area contributed by atoms with Crippen molar-refractivity contribution in [2.75, 3.05) is 11.9 Å². The van der Waals surface area contributed by atoms with Gasteiger partial charge in [-0.1, -0.05) is 34.1 Å². The number of aryl methyl sites for hydroxylation is 1. The Hall–Kier alpha value is -1.48.